The molecule has 1 amide bonds. The summed E-state index contributed by atoms with van der Waals surface area (Å²) in [6, 6.07) is 2.26. The van der Waals surface area contributed by atoms with E-state index in [1.165, 1.54) is 13.3 Å². The first-order chi connectivity index (χ1) is 16.8. The first-order valence-electron chi connectivity index (χ1n) is 10.5. The van der Waals surface area contributed by atoms with Crippen LogP contribution in [0.3, 0.4) is 0 Å². The summed E-state index contributed by atoms with van der Waals surface area (Å²) in [5.41, 5.74) is -4.17. The van der Waals surface area contributed by atoms with Crippen molar-refractivity contribution in [3.8, 4) is 0 Å². The summed E-state index contributed by atoms with van der Waals surface area (Å²) >= 11 is 0. The Morgan fingerprint density at radius 1 is 1.08 bits per heavy atom. The standard InChI is InChI=1S/C23H21F5N4O4/c1-13(21(34)35)32(20(33)15-3-5-16(6-4-15)23(26,27)28)14(2)22(36,10-31-12-29-11-30-31)18-8-7-17(24)9-19(18)25/h3-9,11-14,36H,10H2,1-2H3,(H,34,35)/t13?,14-,22-/m1/s1. The minimum atomic E-state index is -4.67. The Morgan fingerprint density at radius 2 is 1.72 bits per heavy atom. The van der Waals surface area contributed by atoms with Crippen LogP contribution in [0.15, 0.2) is 55.1 Å². The van der Waals surface area contributed by atoms with Crippen molar-refractivity contribution in [1.82, 2.24) is 19.7 Å². The fourth-order valence-corrected chi connectivity index (χ4v) is 3.83. The molecule has 0 spiro atoms. The number of carbonyl (C=O) groups is 2. The van der Waals surface area contributed by atoms with Gasteiger partial charge in [0.2, 0.25) is 0 Å². The van der Waals surface area contributed by atoms with Crippen molar-refractivity contribution in [3.05, 3.63) is 83.4 Å². The molecule has 0 bridgehead atoms. The molecule has 0 fully saturated rings. The summed E-state index contributed by atoms with van der Waals surface area (Å²) in [7, 11) is 0. The molecule has 1 unspecified atom stereocenters. The minimum absolute atomic E-state index is 0.300. The van der Waals surface area contributed by atoms with Gasteiger partial charge in [0.05, 0.1) is 18.2 Å². The van der Waals surface area contributed by atoms with Crippen molar-refractivity contribution in [2.45, 2.75) is 44.3 Å². The van der Waals surface area contributed by atoms with Crippen molar-refractivity contribution in [2.75, 3.05) is 0 Å². The van der Waals surface area contributed by atoms with E-state index >= 15 is 0 Å². The number of benzene rings is 2. The van der Waals surface area contributed by atoms with E-state index in [-0.39, 0.29) is 5.56 Å². The highest BCUT2D eigenvalue weighted by molar-refractivity contribution is 5.97. The molecule has 0 radical (unpaired) electrons. The Hall–Kier alpha value is -3.87. The highest BCUT2D eigenvalue weighted by Crippen LogP contribution is 2.35. The lowest BCUT2D eigenvalue weighted by Gasteiger charge is -2.43. The van der Waals surface area contributed by atoms with Crippen LogP contribution in [0.5, 0.6) is 0 Å². The molecule has 3 atom stereocenters. The Kier molecular flexibility index (Phi) is 7.43. The van der Waals surface area contributed by atoms with Gasteiger partial charge in [0.15, 0.2) is 0 Å². The van der Waals surface area contributed by atoms with Crippen molar-refractivity contribution in [1.29, 1.82) is 0 Å². The zero-order valence-corrected chi connectivity index (χ0v) is 18.9. The fraction of sp³-hybridized carbons (Fsp3) is 0.304. The minimum Gasteiger partial charge on any atom is -0.480 e. The van der Waals surface area contributed by atoms with E-state index in [1.54, 1.807) is 0 Å². The van der Waals surface area contributed by atoms with Crippen molar-refractivity contribution in [3.63, 3.8) is 0 Å². The van der Waals surface area contributed by atoms with Gasteiger partial charge in [-0.3, -0.25) is 4.79 Å². The number of hydrogen-bond acceptors (Lipinski definition) is 5. The quantitative estimate of drug-likeness (QED) is 0.448. The second kappa shape index (κ2) is 10.0. The van der Waals surface area contributed by atoms with Crippen LogP contribution in [-0.2, 0) is 23.1 Å². The molecule has 0 saturated carbocycles. The highest BCUT2D eigenvalue weighted by atomic mass is 19.4. The number of aromatic nitrogens is 3. The van der Waals surface area contributed by atoms with E-state index in [4.69, 9.17) is 0 Å². The number of hydrogen-bond donors (Lipinski definition) is 2. The number of nitrogens with zero attached hydrogens (tertiary/aromatic N) is 4. The third kappa shape index (κ3) is 5.35. The lowest BCUT2D eigenvalue weighted by molar-refractivity contribution is -0.145. The van der Waals surface area contributed by atoms with Crippen LogP contribution in [0.2, 0.25) is 0 Å². The summed E-state index contributed by atoms with van der Waals surface area (Å²) in [6.07, 6.45) is -2.36. The lowest BCUT2D eigenvalue weighted by Crippen LogP contribution is -2.58. The van der Waals surface area contributed by atoms with Gasteiger partial charge in [0.1, 0.15) is 35.9 Å². The number of alkyl halides is 3. The number of amides is 1. The first kappa shape index (κ1) is 26.7. The molecule has 0 saturated heterocycles. The van der Waals surface area contributed by atoms with E-state index in [2.05, 4.69) is 10.1 Å². The maximum Gasteiger partial charge on any atom is 0.416 e. The number of aliphatic carboxylic acids is 1. The third-order valence-corrected chi connectivity index (χ3v) is 5.84. The zero-order valence-electron chi connectivity index (χ0n) is 18.9. The molecule has 0 aliphatic heterocycles. The van der Waals surface area contributed by atoms with Gasteiger partial charge >= 0.3 is 12.1 Å². The zero-order chi connectivity index (χ0) is 26.8. The SMILES string of the molecule is CC(C(=O)O)N(C(=O)c1ccc(C(F)(F)F)cc1)[C@H](C)[C@](O)(Cn1cncn1)c1ccc(F)cc1F. The van der Waals surface area contributed by atoms with Crippen LogP contribution in [0, 0.1) is 11.6 Å². The summed E-state index contributed by atoms with van der Waals surface area (Å²) in [6.45, 7) is 1.83. The van der Waals surface area contributed by atoms with E-state index in [0.717, 1.165) is 42.2 Å². The van der Waals surface area contributed by atoms with E-state index in [9.17, 15) is 41.8 Å². The Balaban J connectivity index is 2.13. The van der Waals surface area contributed by atoms with Crippen LogP contribution < -0.4 is 0 Å². The molecular formula is C23H21F5N4O4. The summed E-state index contributed by atoms with van der Waals surface area (Å²) in [5.74, 6) is -4.64. The molecule has 192 valence electrons. The Morgan fingerprint density at radius 3 is 2.22 bits per heavy atom. The van der Waals surface area contributed by atoms with Gasteiger partial charge in [-0.15, -0.1) is 0 Å². The van der Waals surface area contributed by atoms with Crippen molar-refractivity contribution in [2.24, 2.45) is 0 Å². The van der Waals surface area contributed by atoms with E-state index in [1.807, 2.05) is 0 Å². The fourth-order valence-electron chi connectivity index (χ4n) is 3.83. The molecule has 0 aliphatic rings. The molecule has 0 aliphatic carbocycles. The predicted octanol–water partition coefficient (Wildman–Crippen LogP) is 3.47. The van der Waals surface area contributed by atoms with E-state index in [0.29, 0.717) is 23.1 Å². The lowest BCUT2D eigenvalue weighted by atomic mass is 9.84. The van der Waals surface area contributed by atoms with Gasteiger partial charge in [-0.25, -0.2) is 23.2 Å². The average molecular weight is 512 g/mol. The van der Waals surface area contributed by atoms with Gasteiger partial charge in [-0.05, 0) is 44.2 Å². The van der Waals surface area contributed by atoms with Crippen molar-refractivity contribution >= 4 is 11.9 Å². The molecule has 8 nitrogen and oxygen atoms in total. The molecule has 1 heterocycles. The van der Waals surface area contributed by atoms with Gasteiger partial charge in [0.25, 0.3) is 5.91 Å². The highest BCUT2D eigenvalue weighted by Gasteiger charge is 2.46. The monoisotopic (exact) mass is 512 g/mol. The topological polar surface area (TPSA) is 109 Å². The first-order valence-corrected chi connectivity index (χ1v) is 10.5. The molecule has 3 aromatic rings. The van der Waals surface area contributed by atoms with Crippen molar-refractivity contribution < 1.29 is 41.8 Å². The van der Waals surface area contributed by atoms with Gasteiger partial charge in [0, 0.05) is 17.2 Å². The maximum atomic E-state index is 14.9. The van der Waals surface area contributed by atoms with Crippen LogP contribution >= 0.6 is 0 Å². The van der Waals surface area contributed by atoms with Crippen LogP contribution in [0.4, 0.5) is 22.0 Å². The number of carboxylic acid groups (broad SMARTS) is 1. The second-order valence-corrected chi connectivity index (χ2v) is 8.12. The molecule has 13 heteroatoms. The van der Waals surface area contributed by atoms with E-state index < -0.39 is 65.0 Å². The molecule has 3 rings (SSSR count). The summed E-state index contributed by atoms with van der Waals surface area (Å²) < 4.78 is 68.4. The van der Waals surface area contributed by atoms with Gasteiger partial charge in [-0.1, -0.05) is 6.07 Å². The summed E-state index contributed by atoms with van der Waals surface area (Å²) in [5, 5.41) is 25.3. The smallest absolute Gasteiger partial charge is 0.416 e. The third-order valence-electron chi connectivity index (χ3n) is 5.84. The number of rotatable bonds is 8. The molecule has 2 aromatic carbocycles. The number of aliphatic hydroxyl groups is 1. The molecular weight excluding hydrogens is 491 g/mol. The number of carboxylic acids is 1. The van der Waals surface area contributed by atoms with Crippen LogP contribution in [0.25, 0.3) is 0 Å². The van der Waals surface area contributed by atoms with Crippen LogP contribution in [-0.4, -0.2) is 53.8 Å². The molecule has 36 heavy (non-hydrogen) atoms. The van der Waals surface area contributed by atoms with Gasteiger partial charge < -0.3 is 15.1 Å². The Labute approximate surface area is 201 Å². The molecule has 1 aromatic heterocycles. The van der Waals surface area contributed by atoms with Crippen LogP contribution in [0.1, 0.15) is 35.3 Å². The second-order valence-electron chi connectivity index (χ2n) is 8.12. The normalized spacial score (nSPS) is 15.1. The Bertz CT molecular complexity index is 1230. The number of carbonyl (C=O) groups excluding carboxylic acids is 1. The maximum absolute atomic E-state index is 14.9. The van der Waals surface area contributed by atoms with Gasteiger partial charge in [-0.2, -0.15) is 18.3 Å². The largest absolute Gasteiger partial charge is 0.480 e. The predicted molar refractivity (Wildman–Crippen MR) is 114 cm³/mol. The number of halogens is 5. The average Bonchev–Trinajstić information content (AvgIpc) is 3.31. The summed E-state index contributed by atoms with van der Waals surface area (Å²) in [4.78, 5) is 29.7. The molecule has 2 N–H and O–H groups in total.